The lowest BCUT2D eigenvalue weighted by Gasteiger charge is -2.05. The van der Waals surface area contributed by atoms with Crippen LogP contribution in [0.3, 0.4) is 0 Å². The monoisotopic (exact) mass is 245 g/mol. The number of hydrazone groups is 1. The molecule has 5 heteroatoms. The first-order chi connectivity index (χ1) is 8.65. The van der Waals surface area contributed by atoms with Crippen LogP contribution in [0.2, 0.25) is 0 Å². The molecule has 1 rings (SSSR count). The van der Waals surface area contributed by atoms with Crippen LogP contribution in [0, 0.1) is 11.3 Å². The number of rotatable bonds is 5. The van der Waals surface area contributed by atoms with Crippen LogP contribution in [0.25, 0.3) is 0 Å². The van der Waals surface area contributed by atoms with Crippen LogP contribution in [-0.4, -0.2) is 18.2 Å². The third kappa shape index (κ3) is 4.66. The molecular weight excluding hydrogens is 230 g/mol. The molecule has 5 nitrogen and oxygen atoms in total. The van der Waals surface area contributed by atoms with Crippen molar-refractivity contribution in [1.29, 1.82) is 5.26 Å². The summed E-state index contributed by atoms with van der Waals surface area (Å²) >= 11 is 0. The van der Waals surface area contributed by atoms with E-state index in [9.17, 15) is 4.79 Å². The molecule has 0 radical (unpaired) electrons. The molecule has 1 aromatic carbocycles. The number of nitriles is 1. The van der Waals surface area contributed by atoms with Crippen molar-refractivity contribution >= 4 is 11.6 Å². The first-order valence-corrected chi connectivity index (χ1v) is 5.60. The van der Waals surface area contributed by atoms with Crippen LogP contribution in [0.1, 0.15) is 25.8 Å². The summed E-state index contributed by atoms with van der Waals surface area (Å²) in [6, 6.07) is 8.56. The minimum absolute atomic E-state index is 0.105. The summed E-state index contributed by atoms with van der Waals surface area (Å²) in [6.07, 6.45) is 0.788. The molecule has 0 aliphatic heterocycles. The number of carbonyl (C=O) groups excluding carboxylic acids is 1. The Kier molecular flexibility index (Phi) is 5.39. The number of hydrogen-bond acceptors (Lipinski definition) is 4. The van der Waals surface area contributed by atoms with E-state index in [1.807, 2.05) is 19.9 Å². The molecule has 94 valence electrons. The maximum atomic E-state index is 11.4. The van der Waals surface area contributed by atoms with E-state index in [0.717, 1.165) is 12.1 Å². The van der Waals surface area contributed by atoms with Gasteiger partial charge in [0.05, 0.1) is 11.6 Å². The van der Waals surface area contributed by atoms with Crippen molar-refractivity contribution < 1.29 is 9.53 Å². The van der Waals surface area contributed by atoms with Gasteiger partial charge in [0.1, 0.15) is 5.75 Å². The second-order valence-corrected chi connectivity index (χ2v) is 3.66. The van der Waals surface area contributed by atoms with E-state index in [-0.39, 0.29) is 12.5 Å². The number of hydrogen-bond donors (Lipinski definition) is 1. The second-order valence-electron chi connectivity index (χ2n) is 3.66. The number of amides is 1. The van der Waals surface area contributed by atoms with Crippen LogP contribution in [0.5, 0.6) is 5.75 Å². The predicted octanol–water partition coefficient (Wildman–Crippen LogP) is 1.84. The lowest BCUT2D eigenvalue weighted by atomic mass is 10.2. The predicted molar refractivity (Wildman–Crippen MR) is 68.2 cm³/mol. The van der Waals surface area contributed by atoms with Crippen LogP contribution in [-0.2, 0) is 4.79 Å². The average molecular weight is 245 g/mol. The number of nitrogens with zero attached hydrogens (tertiary/aromatic N) is 2. The van der Waals surface area contributed by atoms with E-state index >= 15 is 0 Å². The quantitative estimate of drug-likeness (QED) is 0.635. The van der Waals surface area contributed by atoms with Crippen molar-refractivity contribution in [3.05, 3.63) is 29.8 Å². The van der Waals surface area contributed by atoms with Gasteiger partial charge >= 0.3 is 0 Å². The smallest absolute Gasteiger partial charge is 0.277 e. The topological polar surface area (TPSA) is 74.5 Å². The summed E-state index contributed by atoms with van der Waals surface area (Å²) in [5.74, 6) is 0.229. The zero-order valence-electron chi connectivity index (χ0n) is 10.4. The maximum Gasteiger partial charge on any atom is 0.277 e. The van der Waals surface area contributed by atoms with Gasteiger partial charge in [-0.05, 0) is 37.6 Å². The van der Waals surface area contributed by atoms with Crippen LogP contribution >= 0.6 is 0 Å². The van der Waals surface area contributed by atoms with Gasteiger partial charge in [0.2, 0.25) is 0 Å². The Bertz CT molecular complexity index is 472. The summed E-state index contributed by atoms with van der Waals surface area (Å²) in [5.41, 5.74) is 3.80. The maximum absolute atomic E-state index is 11.4. The molecule has 0 atom stereocenters. The van der Waals surface area contributed by atoms with Gasteiger partial charge in [-0.15, -0.1) is 0 Å². The fourth-order valence-electron chi connectivity index (χ4n) is 1.04. The molecule has 1 N–H and O–H groups in total. The molecule has 0 heterocycles. The van der Waals surface area contributed by atoms with Gasteiger partial charge in [0.15, 0.2) is 6.61 Å². The number of benzene rings is 1. The molecule has 0 fully saturated rings. The van der Waals surface area contributed by atoms with Gasteiger partial charge in [0, 0.05) is 5.71 Å². The highest BCUT2D eigenvalue weighted by Gasteiger charge is 2.01. The second kappa shape index (κ2) is 7.07. The Hall–Kier alpha value is -2.35. The Balaban J connectivity index is 2.40. The SMILES string of the molecule is CCC(C)=NNC(=O)COc1ccc(C#N)cc1. The van der Waals surface area contributed by atoms with Crippen molar-refractivity contribution in [2.24, 2.45) is 5.10 Å². The largest absolute Gasteiger partial charge is 0.484 e. The van der Waals surface area contributed by atoms with Crippen molar-refractivity contribution in [3.8, 4) is 11.8 Å². The van der Waals surface area contributed by atoms with E-state index in [1.165, 1.54) is 0 Å². The summed E-state index contributed by atoms with van der Waals surface area (Å²) in [6.45, 7) is 3.69. The van der Waals surface area contributed by atoms with Crippen molar-refractivity contribution in [3.63, 3.8) is 0 Å². The van der Waals surface area contributed by atoms with E-state index in [4.69, 9.17) is 10.00 Å². The van der Waals surface area contributed by atoms with Gasteiger partial charge in [-0.1, -0.05) is 6.92 Å². The number of ether oxygens (including phenoxy) is 1. The minimum atomic E-state index is -0.313. The molecule has 0 spiro atoms. The Morgan fingerprint density at radius 1 is 1.44 bits per heavy atom. The molecule has 0 unspecified atom stereocenters. The normalized spacial score (nSPS) is 10.6. The van der Waals surface area contributed by atoms with Gasteiger partial charge in [-0.25, -0.2) is 5.43 Å². The fourth-order valence-corrected chi connectivity index (χ4v) is 1.04. The highest BCUT2D eigenvalue weighted by Crippen LogP contribution is 2.11. The minimum Gasteiger partial charge on any atom is -0.484 e. The molecule has 0 saturated heterocycles. The Labute approximate surface area is 106 Å². The van der Waals surface area contributed by atoms with Crippen LogP contribution in [0.15, 0.2) is 29.4 Å². The molecule has 1 amide bonds. The van der Waals surface area contributed by atoms with Crippen LogP contribution < -0.4 is 10.2 Å². The van der Waals surface area contributed by atoms with Gasteiger partial charge in [-0.2, -0.15) is 10.4 Å². The summed E-state index contributed by atoms with van der Waals surface area (Å²) in [5, 5.41) is 12.5. The molecule has 0 aliphatic rings. The molecule has 0 saturated carbocycles. The van der Waals surface area contributed by atoms with Crippen molar-refractivity contribution in [2.45, 2.75) is 20.3 Å². The summed E-state index contributed by atoms with van der Waals surface area (Å²) in [4.78, 5) is 11.4. The molecule has 1 aromatic rings. The third-order valence-electron chi connectivity index (χ3n) is 2.24. The molecule has 0 bridgehead atoms. The number of nitrogens with one attached hydrogen (secondary N) is 1. The van der Waals surface area contributed by atoms with E-state index in [1.54, 1.807) is 24.3 Å². The van der Waals surface area contributed by atoms with Crippen molar-refractivity contribution in [1.82, 2.24) is 5.43 Å². The molecule has 0 aromatic heterocycles. The van der Waals surface area contributed by atoms with Gasteiger partial charge in [-0.3, -0.25) is 4.79 Å². The van der Waals surface area contributed by atoms with E-state index in [0.29, 0.717) is 11.3 Å². The molecule has 18 heavy (non-hydrogen) atoms. The Morgan fingerprint density at radius 3 is 2.67 bits per heavy atom. The van der Waals surface area contributed by atoms with Crippen molar-refractivity contribution in [2.75, 3.05) is 6.61 Å². The first-order valence-electron chi connectivity index (χ1n) is 5.60. The Morgan fingerprint density at radius 2 is 2.11 bits per heavy atom. The van der Waals surface area contributed by atoms with Gasteiger partial charge < -0.3 is 4.74 Å². The number of carbonyl (C=O) groups is 1. The highest BCUT2D eigenvalue weighted by molar-refractivity contribution is 5.84. The summed E-state index contributed by atoms with van der Waals surface area (Å²) < 4.78 is 5.24. The van der Waals surface area contributed by atoms with Gasteiger partial charge in [0.25, 0.3) is 5.91 Å². The first kappa shape index (κ1) is 13.7. The lowest BCUT2D eigenvalue weighted by Crippen LogP contribution is -2.25. The molecular formula is C13H15N3O2. The highest BCUT2D eigenvalue weighted by atomic mass is 16.5. The van der Waals surface area contributed by atoms with E-state index in [2.05, 4.69) is 10.5 Å². The zero-order chi connectivity index (χ0) is 13.4. The average Bonchev–Trinajstić information content (AvgIpc) is 2.42. The zero-order valence-corrected chi connectivity index (χ0v) is 10.4. The lowest BCUT2D eigenvalue weighted by molar-refractivity contribution is -0.123. The third-order valence-corrected chi connectivity index (χ3v) is 2.24. The summed E-state index contributed by atoms with van der Waals surface area (Å²) in [7, 11) is 0. The standard InChI is InChI=1S/C13H15N3O2/c1-3-10(2)15-16-13(17)9-18-12-6-4-11(8-14)5-7-12/h4-7H,3,9H2,1-2H3,(H,16,17). The molecule has 0 aliphatic carbocycles. The van der Waals surface area contributed by atoms with E-state index < -0.39 is 0 Å². The fraction of sp³-hybridized carbons (Fsp3) is 0.308. The van der Waals surface area contributed by atoms with Crippen LogP contribution in [0.4, 0.5) is 0 Å².